The Morgan fingerprint density at radius 3 is 1.96 bits per heavy atom. The van der Waals surface area contributed by atoms with Crippen molar-refractivity contribution in [2.45, 2.75) is 18.2 Å². The van der Waals surface area contributed by atoms with E-state index in [0.717, 1.165) is 34.1 Å². The Bertz CT molecular complexity index is 1900. The van der Waals surface area contributed by atoms with Crippen LogP contribution in [-0.4, -0.2) is 53.4 Å². The third-order valence-corrected chi connectivity index (χ3v) is 10.7. The Morgan fingerprint density at radius 1 is 0.870 bits per heavy atom. The number of nitro groups is 1. The Balaban J connectivity index is 1.15. The average molecular weight is 642 g/mol. The summed E-state index contributed by atoms with van der Waals surface area (Å²) in [6, 6.07) is 16.0. The number of imide groups is 1. The number of aryl methyl sites for hydroxylation is 1. The molecular formula is C33H27N3O9S. The van der Waals surface area contributed by atoms with Crippen molar-refractivity contribution >= 4 is 39.3 Å². The maximum Gasteiger partial charge on any atom is 0.339 e. The number of benzene rings is 3. The minimum Gasteiger partial charge on any atom is -0.379 e. The van der Waals surface area contributed by atoms with E-state index in [4.69, 9.17) is 4.18 Å². The summed E-state index contributed by atoms with van der Waals surface area (Å²) in [4.78, 5) is 65.6. The van der Waals surface area contributed by atoms with E-state index in [9.17, 15) is 37.7 Å². The molecule has 1 aliphatic heterocycles. The molecule has 0 N–H and O–H groups in total. The first-order chi connectivity index (χ1) is 21.9. The fraction of sp³-hybridized carbons (Fsp3) is 0.273. The number of ketones is 1. The van der Waals surface area contributed by atoms with Gasteiger partial charge in [0.2, 0.25) is 0 Å². The molecule has 6 atom stereocenters. The quantitative estimate of drug-likeness (QED) is 0.0841. The lowest BCUT2D eigenvalue weighted by atomic mass is 9.63. The van der Waals surface area contributed by atoms with Gasteiger partial charge in [-0.05, 0) is 85.5 Å². The summed E-state index contributed by atoms with van der Waals surface area (Å²) in [7, 11) is -4.14. The highest BCUT2D eigenvalue weighted by Crippen LogP contribution is 2.65. The van der Waals surface area contributed by atoms with Crippen LogP contribution in [0.2, 0.25) is 0 Å². The molecule has 0 aromatic heterocycles. The largest absolute Gasteiger partial charge is 0.379 e. The standard InChI is InChI=1S/C33H27N3O9S/c1-18-2-12-23(13-3-18)46(43,44)45-22-10-6-19(7-11-22)28(37)17-34(31(38)20-4-8-21(9-5-20)36(41)42)35-32(39)29-24-14-15-25(27-16-26(24)27)30(29)33(35)40/h2-15,24-27,29-30H,16-17H2,1H3/t24-,25-,26-,27-,29-,30+/m0/s1. The molecule has 12 nitrogen and oxygen atoms in total. The molecule has 4 aliphatic carbocycles. The van der Waals surface area contributed by atoms with E-state index in [2.05, 4.69) is 0 Å². The molecule has 3 fully saturated rings. The van der Waals surface area contributed by atoms with Crippen LogP contribution in [0.25, 0.3) is 0 Å². The number of amides is 3. The van der Waals surface area contributed by atoms with E-state index in [0.29, 0.717) is 11.8 Å². The van der Waals surface area contributed by atoms with Crippen LogP contribution in [0.4, 0.5) is 5.69 Å². The molecule has 0 unspecified atom stereocenters. The summed E-state index contributed by atoms with van der Waals surface area (Å²) in [6.07, 6.45) is 4.93. The zero-order valence-electron chi connectivity index (χ0n) is 24.4. The van der Waals surface area contributed by atoms with Gasteiger partial charge < -0.3 is 4.18 Å². The van der Waals surface area contributed by atoms with Crippen molar-refractivity contribution in [3.8, 4) is 5.75 Å². The lowest BCUT2D eigenvalue weighted by Crippen LogP contribution is -2.52. The van der Waals surface area contributed by atoms with Crippen molar-refractivity contribution in [1.29, 1.82) is 0 Å². The second kappa shape index (κ2) is 10.7. The Labute approximate surface area is 263 Å². The number of rotatable bonds is 9. The van der Waals surface area contributed by atoms with Gasteiger partial charge in [-0.15, -0.1) is 0 Å². The maximum absolute atomic E-state index is 13.9. The van der Waals surface area contributed by atoms with Gasteiger partial charge in [0.25, 0.3) is 23.4 Å². The first kappa shape index (κ1) is 29.5. The number of nitro benzene ring substituents is 1. The number of hydrazine groups is 1. The van der Waals surface area contributed by atoms with Crippen LogP contribution < -0.4 is 4.18 Å². The van der Waals surface area contributed by atoms with Crippen molar-refractivity contribution in [3.63, 3.8) is 0 Å². The van der Waals surface area contributed by atoms with E-state index >= 15 is 0 Å². The minimum absolute atomic E-state index is 0.0416. The molecule has 13 heteroatoms. The number of allylic oxidation sites excluding steroid dienone is 2. The zero-order chi connectivity index (χ0) is 32.5. The van der Waals surface area contributed by atoms with Crippen molar-refractivity contribution < 1.29 is 36.7 Å². The SMILES string of the molecule is Cc1ccc(S(=O)(=O)Oc2ccc(C(=O)CN(C(=O)c3ccc([N+](=O)[O-])cc3)N3C(=O)[C@@H]4[C@H]5C=C[C@@H]([C@@H]6C[C@@H]56)[C@@H]4C3=O)cc2)cc1. The van der Waals surface area contributed by atoms with Gasteiger partial charge in [-0.25, -0.2) is 5.01 Å². The van der Waals surface area contributed by atoms with Gasteiger partial charge >= 0.3 is 10.1 Å². The van der Waals surface area contributed by atoms with Crippen molar-refractivity contribution in [1.82, 2.24) is 10.0 Å². The highest BCUT2D eigenvalue weighted by molar-refractivity contribution is 7.87. The molecule has 5 aliphatic rings. The molecule has 0 spiro atoms. The van der Waals surface area contributed by atoms with Gasteiger partial charge in [0.15, 0.2) is 5.78 Å². The number of nitrogens with zero attached hydrogens (tertiary/aromatic N) is 3. The van der Waals surface area contributed by atoms with Crippen molar-refractivity contribution in [2.24, 2.45) is 35.5 Å². The molecule has 2 saturated carbocycles. The van der Waals surface area contributed by atoms with E-state index < -0.39 is 56.9 Å². The highest BCUT2D eigenvalue weighted by atomic mass is 32.2. The number of hydrogen-bond donors (Lipinski definition) is 0. The Morgan fingerprint density at radius 2 is 1.41 bits per heavy atom. The van der Waals surface area contributed by atoms with E-state index in [-0.39, 0.29) is 39.3 Å². The van der Waals surface area contributed by atoms with E-state index in [1.165, 1.54) is 48.5 Å². The molecule has 0 radical (unpaired) electrons. The van der Waals surface area contributed by atoms with Crippen LogP contribution in [0.5, 0.6) is 5.75 Å². The minimum atomic E-state index is -4.14. The molecule has 2 bridgehead atoms. The zero-order valence-corrected chi connectivity index (χ0v) is 25.2. The van der Waals surface area contributed by atoms with Gasteiger partial charge in [0.1, 0.15) is 17.2 Å². The normalized spacial score (nSPS) is 25.5. The molecule has 1 saturated heterocycles. The van der Waals surface area contributed by atoms with Crippen molar-refractivity contribution in [2.75, 3.05) is 6.54 Å². The first-order valence-electron chi connectivity index (χ1n) is 14.7. The van der Waals surface area contributed by atoms with Gasteiger partial charge in [-0.1, -0.05) is 29.8 Å². The van der Waals surface area contributed by atoms with E-state index in [1.54, 1.807) is 12.1 Å². The third-order valence-electron chi connectivity index (χ3n) is 9.43. The maximum atomic E-state index is 13.9. The first-order valence-corrected chi connectivity index (χ1v) is 16.1. The lowest BCUT2D eigenvalue weighted by molar-refractivity contribution is -0.384. The Kier molecular flexibility index (Phi) is 6.89. The van der Waals surface area contributed by atoms with Gasteiger partial charge in [-0.3, -0.25) is 29.3 Å². The van der Waals surface area contributed by atoms with Crippen LogP contribution in [0.1, 0.15) is 32.7 Å². The summed E-state index contributed by atoms with van der Waals surface area (Å²) >= 11 is 0. The molecule has 8 rings (SSSR count). The van der Waals surface area contributed by atoms with Gasteiger partial charge in [0, 0.05) is 23.3 Å². The molecule has 234 valence electrons. The summed E-state index contributed by atoms with van der Waals surface area (Å²) in [5.41, 5.74) is 0.635. The van der Waals surface area contributed by atoms with Gasteiger partial charge in [0.05, 0.1) is 16.8 Å². The number of carbonyl (C=O) groups excluding carboxylic acids is 4. The molecule has 1 heterocycles. The predicted octanol–water partition coefficient (Wildman–Crippen LogP) is 3.96. The smallest absolute Gasteiger partial charge is 0.339 e. The van der Waals surface area contributed by atoms with Crippen LogP contribution in [0.3, 0.4) is 0 Å². The molecule has 3 aromatic rings. The average Bonchev–Trinajstić information content (AvgIpc) is 3.83. The number of carbonyl (C=O) groups is 4. The van der Waals surface area contributed by atoms with Crippen LogP contribution in [0, 0.1) is 52.5 Å². The lowest BCUT2D eigenvalue weighted by Gasteiger charge is -2.37. The fourth-order valence-electron chi connectivity index (χ4n) is 7.09. The van der Waals surface area contributed by atoms with E-state index in [1.807, 2.05) is 19.1 Å². The number of Topliss-reactive ketones (excluding diaryl/α,β-unsaturated/α-hetero) is 1. The molecule has 46 heavy (non-hydrogen) atoms. The van der Waals surface area contributed by atoms with Crippen LogP contribution >= 0.6 is 0 Å². The highest BCUT2D eigenvalue weighted by Gasteiger charge is 2.68. The monoisotopic (exact) mass is 641 g/mol. The summed E-state index contributed by atoms with van der Waals surface area (Å²) in [5.74, 6) is -3.46. The van der Waals surface area contributed by atoms with Crippen LogP contribution in [0.15, 0.2) is 89.8 Å². The Hall–Kier alpha value is -5.17. The molecule has 3 amide bonds. The number of non-ortho nitro benzene ring substituents is 1. The van der Waals surface area contributed by atoms with Gasteiger partial charge in [-0.2, -0.15) is 13.4 Å². The fourth-order valence-corrected chi connectivity index (χ4v) is 8.02. The summed E-state index contributed by atoms with van der Waals surface area (Å²) in [5, 5.41) is 12.8. The van der Waals surface area contributed by atoms with Crippen LogP contribution in [-0.2, 0) is 19.7 Å². The summed E-state index contributed by atoms with van der Waals surface area (Å²) in [6.45, 7) is 1.13. The third kappa shape index (κ3) is 4.87. The second-order valence-corrected chi connectivity index (χ2v) is 13.7. The molecular weight excluding hydrogens is 614 g/mol. The predicted molar refractivity (Wildman–Crippen MR) is 160 cm³/mol. The topological polar surface area (TPSA) is 161 Å². The summed E-state index contributed by atoms with van der Waals surface area (Å²) < 4.78 is 30.6. The second-order valence-electron chi connectivity index (χ2n) is 12.1. The van der Waals surface area contributed by atoms with Crippen molar-refractivity contribution in [3.05, 3.63) is 112 Å². The molecule has 3 aromatic carbocycles. The number of hydrogen-bond acceptors (Lipinski definition) is 9.